The van der Waals surface area contributed by atoms with Gasteiger partial charge in [-0.3, -0.25) is 4.79 Å². The summed E-state index contributed by atoms with van der Waals surface area (Å²) >= 11 is 0. The molecule has 2 aromatic rings. The van der Waals surface area contributed by atoms with Gasteiger partial charge in [0.25, 0.3) is 5.91 Å². The van der Waals surface area contributed by atoms with Crippen LogP contribution < -0.4 is 10.1 Å². The summed E-state index contributed by atoms with van der Waals surface area (Å²) in [7, 11) is 0. The van der Waals surface area contributed by atoms with Gasteiger partial charge in [0.15, 0.2) is 6.10 Å². The lowest BCUT2D eigenvalue weighted by Gasteiger charge is -2.14. The first-order valence-corrected chi connectivity index (χ1v) is 9.50. The molecule has 2 aromatic carbocycles. The van der Waals surface area contributed by atoms with E-state index in [0.717, 1.165) is 12.8 Å². The maximum absolute atomic E-state index is 12.9. The van der Waals surface area contributed by atoms with Gasteiger partial charge in [-0.1, -0.05) is 26.2 Å². The van der Waals surface area contributed by atoms with Gasteiger partial charge in [0, 0.05) is 5.69 Å². The Morgan fingerprint density at radius 2 is 1.68 bits per heavy atom. The molecule has 0 unspecified atom stereocenters. The minimum Gasteiger partial charge on any atom is -0.494 e. The van der Waals surface area contributed by atoms with Crippen LogP contribution in [0.15, 0.2) is 48.5 Å². The number of unbranched alkanes of at least 4 members (excludes halogenated alkanes) is 3. The van der Waals surface area contributed by atoms with Gasteiger partial charge in [-0.15, -0.1) is 0 Å². The van der Waals surface area contributed by atoms with E-state index in [9.17, 15) is 14.0 Å². The second-order valence-corrected chi connectivity index (χ2v) is 6.48. The number of hydrogen-bond donors (Lipinski definition) is 1. The molecule has 2 rings (SSSR count). The molecule has 0 fully saturated rings. The third kappa shape index (κ3) is 7.02. The largest absolute Gasteiger partial charge is 0.494 e. The highest BCUT2D eigenvalue weighted by Gasteiger charge is 2.19. The minimum absolute atomic E-state index is 0.333. The van der Waals surface area contributed by atoms with Gasteiger partial charge in [-0.2, -0.15) is 0 Å². The van der Waals surface area contributed by atoms with Gasteiger partial charge >= 0.3 is 5.97 Å². The number of ether oxygens (including phenoxy) is 2. The summed E-state index contributed by atoms with van der Waals surface area (Å²) in [5.41, 5.74) is 0.759. The lowest BCUT2D eigenvalue weighted by molar-refractivity contribution is -0.123. The summed E-state index contributed by atoms with van der Waals surface area (Å²) in [6.45, 7) is 4.28. The van der Waals surface area contributed by atoms with Gasteiger partial charge in [0.05, 0.1) is 12.2 Å². The summed E-state index contributed by atoms with van der Waals surface area (Å²) in [6, 6.07) is 12.0. The van der Waals surface area contributed by atoms with E-state index in [4.69, 9.17) is 9.47 Å². The molecule has 5 nitrogen and oxygen atoms in total. The molecule has 0 aliphatic carbocycles. The third-order valence-corrected chi connectivity index (χ3v) is 4.12. The normalized spacial score (nSPS) is 11.5. The summed E-state index contributed by atoms with van der Waals surface area (Å²) < 4.78 is 23.7. The molecule has 0 saturated heterocycles. The summed E-state index contributed by atoms with van der Waals surface area (Å²) in [5.74, 6) is -0.802. The van der Waals surface area contributed by atoms with Crippen LogP contribution in [0.4, 0.5) is 10.1 Å². The molecule has 1 atom stereocenters. The van der Waals surface area contributed by atoms with E-state index in [1.165, 1.54) is 44.0 Å². The number of amides is 1. The fourth-order valence-corrected chi connectivity index (χ4v) is 2.47. The van der Waals surface area contributed by atoms with Crippen LogP contribution in [-0.2, 0) is 9.53 Å². The molecule has 0 radical (unpaired) electrons. The number of hydrogen-bond acceptors (Lipinski definition) is 4. The van der Waals surface area contributed by atoms with Crippen molar-refractivity contribution in [2.45, 2.75) is 45.6 Å². The zero-order valence-corrected chi connectivity index (χ0v) is 16.2. The fraction of sp³-hybridized carbons (Fsp3) is 0.364. The van der Waals surface area contributed by atoms with E-state index in [0.29, 0.717) is 23.6 Å². The maximum Gasteiger partial charge on any atom is 0.338 e. The van der Waals surface area contributed by atoms with Crippen LogP contribution in [0.2, 0.25) is 0 Å². The summed E-state index contributed by atoms with van der Waals surface area (Å²) in [5, 5.41) is 2.57. The van der Waals surface area contributed by atoms with Crippen LogP contribution in [-0.4, -0.2) is 24.6 Å². The van der Waals surface area contributed by atoms with Crippen molar-refractivity contribution in [1.29, 1.82) is 0 Å². The average Bonchev–Trinajstić information content (AvgIpc) is 2.70. The molecule has 0 spiro atoms. The molecule has 0 saturated carbocycles. The van der Waals surface area contributed by atoms with E-state index in [2.05, 4.69) is 12.2 Å². The van der Waals surface area contributed by atoms with Crippen LogP contribution >= 0.6 is 0 Å². The number of benzene rings is 2. The number of halogens is 1. The zero-order valence-electron chi connectivity index (χ0n) is 16.2. The van der Waals surface area contributed by atoms with E-state index < -0.39 is 23.8 Å². The SMILES string of the molecule is CCCCCCOc1ccc(C(=O)O[C@H](C)C(=O)Nc2ccc(F)cc2)cc1. The summed E-state index contributed by atoms with van der Waals surface area (Å²) in [4.78, 5) is 24.3. The Balaban J connectivity index is 1.80. The lowest BCUT2D eigenvalue weighted by Crippen LogP contribution is -2.30. The van der Waals surface area contributed by atoms with Gasteiger partial charge in [-0.05, 0) is 61.9 Å². The fourth-order valence-electron chi connectivity index (χ4n) is 2.47. The van der Waals surface area contributed by atoms with E-state index in [-0.39, 0.29) is 0 Å². The highest BCUT2D eigenvalue weighted by molar-refractivity contribution is 5.97. The second-order valence-electron chi connectivity index (χ2n) is 6.48. The molecular weight excluding hydrogens is 361 g/mol. The molecular formula is C22H26FNO4. The predicted molar refractivity (Wildman–Crippen MR) is 106 cm³/mol. The monoisotopic (exact) mass is 387 g/mol. The Bertz CT molecular complexity index is 759. The molecule has 150 valence electrons. The van der Waals surface area contributed by atoms with Crippen LogP contribution in [0, 0.1) is 5.82 Å². The molecule has 28 heavy (non-hydrogen) atoms. The molecule has 0 heterocycles. The van der Waals surface area contributed by atoms with Crippen molar-refractivity contribution in [2.75, 3.05) is 11.9 Å². The number of carbonyl (C=O) groups is 2. The van der Waals surface area contributed by atoms with Gasteiger partial charge < -0.3 is 14.8 Å². The molecule has 6 heteroatoms. The smallest absolute Gasteiger partial charge is 0.338 e. The van der Waals surface area contributed by atoms with Crippen LogP contribution in [0.1, 0.15) is 49.9 Å². The van der Waals surface area contributed by atoms with Crippen molar-refractivity contribution in [3.05, 3.63) is 59.9 Å². The van der Waals surface area contributed by atoms with E-state index in [1.54, 1.807) is 24.3 Å². The van der Waals surface area contributed by atoms with Gasteiger partial charge in [0.1, 0.15) is 11.6 Å². The molecule has 1 amide bonds. The van der Waals surface area contributed by atoms with Crippen molar-refractivity contribution >= 4 is 17.6 Å². The first-order chi connectivity index (χ1) is 13.5. The van der Waals surface area contributed by atoms with Crippen molar-refractivity contribution in [1.82, 2.24) is 0 Å². The Hall–Kier alpha value is -2.89. The van der Waals surface area contributed by atoms with E-state index >= 15 is 0 Å². The zero-order chi connectivity index (χ0) is 20.4. The number of rotatable bonds is 10. The standard InChI is InChI=1S/C22H26FNO4/c1-3-4-5-6-15-27-20-13-7-17(8-14-20)22(26)28-16(2)21(25)24-19-11-9-18(23)10-12-19/h7-14,16H,3-6,15H2,1-2H3,(H,24,25)/t16-/m1/s1. The highest BCUT2D eigenvalue weighted by atomic mass is 19.1. The van der Waals surface area contributed by atoms with Crippen LogP contribution in [0.25, 0.3) is 0 Å². The lowest BCUT2D eigenvalue weighted by atomic mass is 10.2. The first-order valence-electron chi connectivity index (χ1n) is 9.50. The Morgan fingerprint density at radius 3 is 2.32 bits per heavy atom. The van der Waals surface area contributed by atoms with Gasteiger partial charge in [-0.25, -0.2) is 9.18 Å². The maximum atomic E-state index is 12.9. The topological polar surface area (TPSA) is 64.6 Å². The summed E-state index contributed by atoms with van der Waals surface area (Å²) in [6.07, 6.45) is 3.52. The first kappa shape index (κ1) is 21.4. The molecule has 0 aliphatic rings. The van der Waals surface area contributed by atoms with Gasteiger partial charge in [0.2, 0.25) is 0 Å². The third-order valence-electron chi connectivity index (χ3n) is 4.12. The quantitative estimate of drug-likeness (QED) is 0.462. The van der Waals surface area contributed by atoms with Crippen LogP contribution in [0.3, 0.4) is 0 Å². The van der Waals surface area contributed by atoms with Crippen LogP contribution in [0.5, 0.6) is 5.75 Å². The van der Waals surface area contributed by atoms with Crippen molar-refractivity contribution < 1.29 is 23.5 Å². The van der Waals surface area contributed by atoms with Crippen molar-refractivity contribution in [3.63, 3.8) is 0 Å². The number of nitrogens with one attached hydrogen (secondary N) is 1. The average molecular weight is 387 g/mol. The Morgan fingerprint density at radius 1 is 1.00 bits per heavy atom. The van der Waals surface area contributed by atoms with E-state index in [1.807, 2.05) is 0 Å². The highest BCUT2D eigenvalue weighted by Crippen LogP contribution is 2.15. The molecule has 1 N–H and O–H groups in total. The number of anilines is 1. The molecule has 0 bridgehead atoms. The molecule has 0 aliphatic heterocycles. The predicted octanol–water partition coefficient (Wildman–Crippen LogP) is 4.97. The Kier molecular flexibility index (Phi) is 8.46. The minimum atomic E-state index is -0.993. The molecule has 0 aromatic heterocycles. The Labute approximate surface area is 164 Å². The van der Waals surface area contributed by atoms with Crippen molar-refractivity contribution in [2.24, 2.45) is 0 Å². The number of esters is 1. The van der Waals surface area contributed by atoms with Crippen molar-refractivity contribution in [3.8, 4) is 5.75 Å². The second kappa shape index (κ2) is 11.1. The number of carbonyl (C=O) groups excluding carboxylic acids is 2.